The number of aryl methyl sites for hydroxylation is 1. The molecule has 0 spiro atoms. The number of likely N-dealkylation sites (N-methyl/N-ethyl adjacent to an activating group) is 1. The molecule has 4 heteroatoms. The number of hydrogen-bond donors (Lipinski definition) is 1. The minimum Gasteiger partial charge on any atom is -0.369 e. The third-order valence-electron chi connectivity index (χ3n) is 3.42. The molecule has 3 nitrogen and oxygen atoms in total. The lowest BCUT2D eigenvalue weighted by molar-refractivity contribution is 0.257. The molecular formula is C13H20BrN3. The van der Waals surface area contributed by atoms with Gasteiger partial charge in [0.2, 0.25) is 0 Å². The first-order valence-corrected chi connectivity index (χ1v) is 6.96. The Morgan fingerprint density at radius 3 is 2.82 bits per heavy atom. The molecule has 17 heavy (non-hydrogen) atoms. The molecule has 1 aromatic heterocycles. The van der Waals surface area contributed by atoms with Gasteiger partial charge in [-0.3, -0.25) is 4.90 Å². The van der Waals surface area contributed by atoms with Crippen molar-refractivity contribution < 1.29 is 0 Å². The van der Waals surface area contributed by atoms with Crippen LogP contribution < -0.4 is 5.32 Å². The van der Waals surface area contributed by atoms with Crippen molar-refractivity contribution in [2.45, 2.75) is 38.8 Å². The summed E-state index contributed by atoms with van der Waals surface area (Å²) in [5.74, 6) is 0.960. The van der Waals surface area contributed by atoms with Gasteiger partial charge in [-0.2, -0.15) is 0 Å². The highest BCUT2D eigenvalue weighted by Gasteiger charge is 2.28. The van der Waals surface area contributed by atoms with Gasteiger partial charge in [0, 0.05) is 23.1 Å². The number of rotatable bonds is 5. The molecule has 1 fully saturated rings. The highest BCUT2D eigenvalue weighted by molar-refractivity contribution is 9.10. The second-order valence-corrected chi connectivity index (χ2v) is 5.74. The van der Waals surface area contributed by atoms with Gasteiger partial charge in [-0.15, -0.1) is 0 Å². The number of pyridine rings is 1. The number of hydrogen-bond acceptors (Lipinski definition) is 3. The highest BCUT2D eigenvalue weighted by Crippen LogP contribution is 2.27. The number of nitrogens with one attached hydrogen (secondary N) is 1. The van der Waals surface area contributed by atoms with E-state index in [1.807, 2.05) is 19.1 Å². The van der Waals surface area contributed by atoms with Crippen molar-refractivity contribution in [3.63, 3.8) is 0 Å². The Bertz CT molecular complexity index is 390. The third-order valence-corrected chi connectivity index (χ3v) is 4.26. The van der Waals surface area contributed by atoms with Crippen LogP contribution in [-0.2, 0) is 0 Å². The van der Waals surface area contributed by atoms with Gasteiger partial charge in [-0.25, -0.2) is 4.98 Å². The average Bonchev–Trinajstić information content (AvgIpc) is 3.13. The molecule has 1 aliphatic rings. The molecule has 0 saturated heterocycles. The maximum absolute atomic E-state index is 4.49. The monoisotopic (exact) mass is 297 g/mol. The Morgan fingerprint density at radius 2 is 2.24 bits per heavy atom. The van der Waals surface area contributed by atoms with Crippen LogP contribution in [0.5, 0.6) is 0 Å². The quantitative estimate of drug-likeness (QED) is 0.905. The van der Waals surface area contributed by atoms with Gasteiger partial charge < -0.3 is 5.32 Å². The van der Waals surface area contributed by atoms with E-state index in [2.05, 4.69) is 45.1 Å². The number of nitrogens with zero attached hydrogens (tertiary/aromatic N) is 2. The van der Waals surface area contributed by atoms with Crippen LogP contribution in [0, 0.1) is 6.92 Å². The molecule has 1 unspecified atom stereocenters. The fourth-order valence-electron chi connectivity index (χ4n) is 1.88. The van der Waals surface area contributed by atoms with Gasteiger partial charge in [-0.1, -0.05) is 0 Å². The third kappa shape index (κ3) is 3.42. The van der Waals surface area contributed by atoms with Gasteiger partial charge in [0.1, 0.15) is 5.82 Å². The molecule has 1 saturated carbocycles. The smallest absolute Gasteiger partial charge is 0.126 e. The average molecular weight is 298 g/mol. The molecule has 1 heterocycles. The van der Waals surface area contributed by atoms with Gasteiger partial charge in [0.25, 0.3) is 0 Å². The molecule has 94 valence electrons. The molecule has 1 aliphatic carbocycles. The molecule has 0 aromatic carbocycles. The number of aromatic nitrogens is 1. The normalized spacial score (nSPS) is 17.2. The SMILES string of the molecule is Cc1nc(NCC(C)N(C)C2CC2)ccc1Br. The summed E-state index contributed by atoms with van der Waals surface area (Å²) < 4.78 is 1.06. The van der Waals surface area contributed by atoms with E-state index in [1.54, 1.807) is 0 Å². The summed E-state index contributed by atoms with van der Waals surface area (Å²) in [6, 6.07) is 5.42. The van der Waals surface area contributed by atoms with Crippen LogP contribution in [0.1, 0.15) is 25.5 Å². The summed E-state index contributed by atoms with van der Waals surface area (Å²) >= 11 is 3.46. The van der Waals surface area contributed by atoms with E-state index in [0.717, 1.165) is 28.6 Å². The minimum atomic E-state index is 0.549. The Balaban J connectivity index is 1.86. The van der Waals surface area contributed by atoms with Crippen molar-refractivity contribution in [1.29, 1.82) is 0 Å². The molecule has 1 aromatic rings. The molecule has 0 radical (unpaired) electrons. The van der Waals surface area contributed by atoms with Crippen LogP contribution in [0.2, 0.25) is 0 Å². The lowest BCUT2D eigenvalue weighted by Crippen LogP contribution is -2.36. The zero-order valence-corrected chi connectivity index (χ0v) is 12.3. The predicted octanol–water partition coefficient (Wildman–Crippen LogP) is 3.05. The second-order valence-electron chi connectivity index (χ2n) is 4.89. The summed E-state index contributed by atoms with van der Waals surface area (Å²) in [6.45, 7) is 5.22. The first-order chi connectivity index (χ1) is 8.08. The largest absolute Gasteiger partial charge is 0.369 e. The fraction of sp³-hybridized carbons (Fsp3) is 0.615. The Labute approximate surface area is 112 Å². The van der Waals surface area contributed by atoms with Crippen molar-refractivity contribution >= 4 is 21.7 Å². The first kappa shape index (κ1) is 12.8. The predicted molar refractivity (Wildman–Crippen MR) is 75.4 cm³/mol. The summed E-state index contributed by atoms with van der Waals surface area (Å²) in [4.78, 5) is 6.95. The lowest BCUT2D eigenvalue weighted by atomic mass is 10.3. The van der Waals surface area contributed by atoms with Gasteiger partial charge in [0.15, 0.2) is 0 Å². The Morgan fingerprint density at radius 1 is 1.53 bits per heavy atom. The maximum Gasteiger partial charge on any atom is 0.126 e. The molecule has 2 rings (SSSR count). The van der Waals surface area contributed by atoms with E-state index in [4.69, 9.17) is 0 Å². The van der Waals surface area contributed by atoms with Crippen molar-refractivity contribution in [1.82, 2.24) is 9.88 Å². The van der Waals surface area contributed by atoms with E-state index in [9.17, 15) is 0 Å². The summed E-state index contributed by atoms with van der Waals surface area (Å²) in [5, 5.41) is 3.40. The van der Waals surface area contributed by atoms with Gasteiger partial charge >= 0.3 is 0 Å². The highest BCUT2D eigenvalue weighted by atomic mass is 79.9. The molecule has 0 bridgehead atoms. The first-order valence-electron chi connectivity index (χ1n) is 6.17. The van der Waals surface area contributed by atoms with Crippen molar-refractivity contribution in [3.05, 3.63) is 22.3 Å². The summed E-state index contributed by atoms with van der Waals surface area (Å²) in [5.41, 5.74) is 1.03. The Kier molecular flexibility index (Phi) is 4.05. The summed E-state index contributed by atoms with van der Waals surface area (Å²) in [7, 11) is 2.21. The topological polar surface area (TPSA) is 28.2 Å². The maximum atomic E-state index is 4.49. The van der Waals surface area contributed by atoms with E-state index >= 15 is 0 Å². The van der Waals surface area contributed by atoms with Crippen LogP contribution >= 0.6 is 15.9 Å². The number of halogens is 1. The van der Waals surface area contributed by atoms with Gasteiger partial charge in [-0.05, 0) is 61.8 Å². The lowest BCUT2D eigenvalue weighted by Gasteiger charge is -2.24. The van der Waals surface area contributed by atoms with Crippen LogP contribution in [-0.4, -0.2) is 35.6 Å². The second kappa shape index (κ2) is 5.36. The zero-order chi connectivity index (χ0) is 12.4. The van der Waals surface area contributed by atoms with Crippen LogP contribution in [0.3, 0.4) is 0 Å². The fourth-order valence-corrected chi connectivity index (χ4v) is 2.10. The minimum absolute atomic E-state index is 0.549. The van der Waals surface area contributed by atoms with Gasteiger partial charge in [0.05, 0.1) is 5.69 Å². The van der Waals surface area contributed by atoms with Crippen molar-refractivity contribution in [2.24, 2.45) is 0 Å². The standard InChI is InChI=1S/C13H20BrN3/c1-9(17(3)11-4-5-11)8-15-13-7-6-12(14)10(2)16-13/h6-7,9,11H,4-5,8H2,1-3H3,(H,15,16). The Hall–Kier alpha value is -0.610. The van der Waals surface area contributed by atoms with E-state index in [0.29, 0.717) is 6.04 Å². The van der Waals surface area contributed by atoms with Crippen LogP contribution in [0.4, 0.5) is 5.82 Å². The molecule has 1 atom stereocenters. The molecule has 0 aliphatic heterocycles. The molecule has 0 amide bonds. The number of anilines is 1. The molecular weight excluding hydrogens is 278 g/mol. The van der Waals surface area contributed by atoms with E-state index < -0.39 is 0 Å². The van der Waals surface area contributed by atoms with Crippen molar-refractivity contribution in [2.75, 3.05) is 18.9 Å². The van der Waals surface area contributed by atoms with E-state index in [-0.39, 0.29) is 0 Å². The van der Waals surface area contributed by atoms with Crippen molar-refractivity contribution in [3.8, 4) is 0 Å². The zero-order valence-electron chi connectivity index (χ0n) is 10.7. The summed E-state index contributed by atoms with van der Waals surface area (Å²) in [6.07, 6.45) is 2.72. The van der Waals surface area contributed by atoms with E-state index in [1.165, 1.54) is 12.8 Å². The van der Waals surface area contributed by atoms with Crippen LogP contribution in [0.25, 0.3) is 0 Å². The molecule has 1 N–H and O–H groups in total. The van der Waals surface area contributed by atoms with Crippen LogP contribution in [0.15, 0.2) is 16.6 Å².